The number of morpholine rings is 1. The standard InChI is InChI=1S/C21H24N4O4S/c1-4-15-5-6-17(16(11-15)25(26)27)29-20-19-13(2)14(3)30-21(19)23-18(22-20)12-24-7-9-28-10-8-24/h5-6,11H,4,7-10,12H2,1-3H3. The Balaban J connectivity index is 1.76. The molecular formula is C21H24N4O4S. The van der Waals surface area contributed by atoms with Crippen LogP contribution in [0, 0.1) is 24.0 Å². The molecule has 30 heavy (non-hydrogen) atoms. The topological polar surface area (TPSA) is 90.6 Å². The van der Waals surface area contributed by atoms with Crippen LogP contribution >= 0.6 is 11.3 Å². The lowest BCUT2D eigenvalue weighted by Gasteiger charge is -2.25. The van der Waals surface area contributed by atoms with E-state index >= 15 is 0 Å². The molecule has 1 aliphatic rings. The SMILES string of the molecule is CCc1ccc(Oc2nc(CN3CCOCC3)nc3sc(C)c(C)c23)c([N+](=O)[O-])c1. The van der Waals surface area contributed by atoms with Crippen molar-refractivity contribution in [2.75, 3.05) is 26.3 Å². The van der Waals surface area contributed by atoms with Crippen LogP contribution in [0.5, 0.6) is 11.6 Å². The molecule has 0 aliphatic carbocycles. The van der Waals surface area contributed by atoms with Crippen molar-refractivity contribution < 1.29 is 14.4 Å². The van der Waals surface area contributed by atoms with Crippen LogP contribution in [0.15, 0.2) is 18.2 Å². The minimum absolute atomic E-state index is 0.0551. The predicted octanol–water partition coefficient (Wildman–Crippen LogP) is 4.40. The number of hydrogen-bond acceptors (Lipinski definition) is 8. The summed E-state index contributed by atoms with van der Waals surface area (Å²) in [6, 6.07) is 5.07. The molecule has 3 aromatic rings. The summed E-state index contributed by atoms with van der Waals surface area (Å²) in [4.78, 5) is 24.8. The molecule has 1 aromatic carbocycles. The highest BCUT2D eigenvalue weighted by Gasteiger charge is 2.22. The molecular weight excluding hydrogens is 404 g/mol. The van der Waals surface area contributed by atoms with Gasteiger partial charge in [0.2, 0.25) is 11.6 Å². The number of aromatic nitrogens is 2. The van der Waals surface area contributed by atoms with Gasteiger partial charge < -0.3 is 9.47 Å². The minimum atomic E-state index is -0.409. The summed E-state index contributed by atoms with van der Waals surface area (Å²) in [7, 11) is 0. The van der Waals surface area contributed by atoms with Crippen LogP contribution in [-0.2, 0) is 17.7 Å². The zero-order valence-corrected chi connectivity index (χ0v) is 18.1. The van der Waals surface area contributed by atoms with Crippen LogP contribution in [0.1, 0.15) is 28.8 Å². The molecule has 9 heteroatoms. The molecule has 1 fully saturated rings. The van der Waals surface area contributed by atoms with Gasteiger partial charge in [-0.3, -0.25) is 15.0 Å². The minimum Gasteiger partial charge on any atom is -0.431 e. The molecule has 0 radical (unpaired) electrons. The van der Waals surface area contributed by atoms with Crippen molar-refractivity contribution in [1.82, 2.24) is 14.9 Å². The predicted molar refractivity (Wildman–Crippen MR) is 116 cm³/mol. The summed E-state index contributed by atoms with van der Waals surface area (Å²) in [5, 5.41) is 12.4. The molecule has 0 amide bonds. The lowest BCUT2D eigenvalue weighted by Crippen LogP contribution is -2.36. The summed E-state index contributed by atoms with van der Waals surface area (Å²) in [5.41, 5.74) is 1.87. The Morgan fingerprint density at radius 2 is 2.03 bits per heavy atom. The smallest absolute Gasteiger partial charge is 0.311 e. The number of hydrogen-bond donors (Lipinski definition) is 0. The second-order valence-electron chi connectivity index (χ2n) is 7.31. The van der Waals surface area contributed by atoms with Gasteiger partial charge in [0.05, 0.1) is 30.1 Å². The molecule has 0 N–H and O–H groups in total. The average molecular weight is 429 g/mol. The van der Waals surface area contributed by atoms with Crippen LogP contribution in [0.2, 0.25) is 0 Å². The first-order chi connectivity index (χ1) is 14.5. The molecule has 0 unspecified atom stereocenters. The van der Waals surface area contributed by atoms with E-state index in [1.54, 1.807) is 23.5 Å². The maximum absolute atomic E-state index is 11.6. The van der Waals surface area contributed by atoms with E-state index in [9.17, 15) is 10.1 Å². The van der Waals surface area contributed by atoms with Crippen molar-refractivity contribution in [3.8, 4) is 11.6 Å². The molecule has 8 nitrogen and oxygen atoms in total. The van der Waals surface area contributed by atoms with E-state index in [0.29, 0.717) is 37.9 Å². The van der Waals surface area contributed by atoms with Crippen molar-refractivity contribution in [3.05, 3.63) is 50.1 Å². The molecule has 1 saturated heterocycles. The number of nitrogens with zero attached hydrogens (tertiary/aromatic N) is 4. The van der Waals surface area contributed by atoms with Crippen LogP contribution in [0.25, 0.3) is 10.2 Å². The number of nitro groups is 1. The third-order valence-electron chi connectivity index (χ3n) is 5.35. The fraction of sp³-hybridized carbons (Fsp3) is 0.429. The molecule has 0 saturated carbocycles. The zero-order valence-electron chi connectivity index (χ0n) is 17.3. The van der Waals surface area contributed by atoms with Gasteiger partial charge in [-0.25, -0.2) is 4.98 Å². The van der Waals surface area contributed by atoms with Gasteiger partial charge >= 0.3 is 5.69 Å². The van der Waals surface area contributed by atoms with Gasteiger partial charge in [0.25, 0.3) is 0 Å². The second kappa shape index (κ2) is 8.63. The van der Waals surface area contributed by atoms with Crippen LogP contribution in [0.4, 0.5) is 5.69 Å². The molecule has 4 rings (SSSR count). The van der Waals surface area contributed by atoms with E-state index in [-0.39, 0.29) is 11.4 Å². The summed E-state index contributed by atoms with van der Waals surface area (Å²) >= 11 is 1.59. The fourth-order valence-corrected chi connectivity index (χ4v) is 4.51. The number of nitro benzene ring substituents is 1. The van der Waals surface area contributed by atoms with Crippen molar-refractivity contribution >= 4 is 27.2 Å². The van der Waals surface area contributed by atoms with E-state index in [2.05, 4.69) is 9.88 Å². The summed E-state index contributed by atoms with van der Waals surface area (Å²) in [6.45, 7) is 9.61. The molecule has 2 aromatic heterocycles. The van der Waals surface area contributed by atoms with Crippen molar-refractivity contribution in [2.24, 2.45) is 0 Å². The molecule has 0 spiro atoms. The van der Waals surface area contributed by atoms with Crippen molar-refractivity contribution in [3.63, 3.8) is 0 Å². The first-order valence-electron chi connectivity index (χ1n) is 9.98. The summed E-state index contributed by atoms with van der Waals surface area (Å²) in [5.74, 6) is 1.21. The summed E-state index contributed by atoms with van der Waals surface area (Å²) in [6.07, 6.45) is 0.714. The number of aryl methyl sites for hydroxylation is 3. The Morgan fingerprint density at radius 1 is 1.27 bits per heavy atom. The largest absolute Gasteiger partial charge is 0.431 e. The summed E-state index contributed by atoms with van der Waals surface area (Å²) < 4.78 is 11.5. The lowest BCUT2D eigenvalue weighted by atomic mass is 10.1. The van der Waals surface area contributed by atoms with E-state index in [1.165, 1.54) is 0 Å². The number of fused-ring (bicyclic) bond motifs is 1. The highest BCUT2D eigenvalue weighted by Crippen LogP contribution is 2.39. The van der Waals surface area contributed by atoms with Gasteiger partial charge in [-0.15, -0.1) is 11.3 Å². The van der Waals surface area contributed by atoms with Gasteiger partial charge in [-0.1, -0.05) is 13.0 Å². The van der Waals surface area contributed by atoms with Crippen LogP contribution < -0.4 is 4.74 Å². The highest BCUT2D eigenvalue weighted by atomic mass is 32.1. The Labute approximate surface area is 178 Å². The fourth-order valence-electron chi connectivity index (χ4n) is 3.47. The highest BCUT2D eigenvalue weighted by molar-refractivity contribution is 7.18. The first-order valence-corrected chi connectivity index (χ1v) is 10.8. The molecule has 3 heterocycles. The van der Waals surface area contributed by atoms with Crippen molar-refractivity contribution in [2.45, 2.75) is 33.7 Å². The van der Waals surface area contributed by atoms with Gasteiger partial charge in [-0.2, -0.15) is 4.98 Å². The second-order valence-corrected chi connectivity index (χ2v) is 8.51. The number of ether oxygens (including phenoxy) is 2. The Bertz CT molecular complexity index is 1090. The molecule has 0 bridgehead atoms. The average Bonchev–Trinajstić information content (AvgIpc) is 3.02. The zero-order chi connectivity index (χ0) is 21.3. The van der Waals surface area contributed by atoms with Crippen LogP contribution in [0.3, 0.4) is 0 Å². The van der Waals surface area contributed by atoms with E-state index < -0.39 is 4.92 Å². The van der Waals surface area contributed by atoms with Gasteiger partial charge in [-0.05, 0) is 37.5 Å². The Hall–Kier alpha value is -2.62. The number of thiophene rings is 1. The first kappa shape index (κ1) is 20.6. The van der Waals surface area contributed by atoms with E-state index in [4.69, 9.17) is 14.5 Å². The Morgan fingerprint density at radius 3 is 2.73 bits per heavy atom. The third-order valence-corrected chi connectivity index (χ3v) is 6.45. The monoisotopic (exact) mass is 428 g/mol. The van der Waals surface area contributed by atoms with Gasteiger partial charge in [0, 0.05) is 24.0 Å². The number of benzene rings is 1. The number of rotatable bonds is 6. The normalized spacial score (nSPS) is 14.9. The third kappa shape index (κ3) is 4.14. The Kier molecular flexibility index (Phi) is 5.94. The molecule has 158 valence electrons. The maximum Gasteiger partial charge on any atom is 0.311 e. The lowest BCUT2D eigenvalue weighted by molar-refractivity contribution is -0.385. The maximum atomic E-state index is 11.6. The van der Waals surface area contributed by atoms with Crippen LogP contribution in [-0.4, -0.2) is 46.1 Å². The molecule has 0 atom stereocenters. The molecule has 1 aliphatic heterocycles. The quantitative estimate of drug-likeness (QED) is 0.424. The van der Waals surface area contributed by atoms with Gasteiger partial charge in [0.15, 0.2) is 0 Å². The van der Waals surface area contributed by atoms with E-state index in [1.807, 2.05) is 26.8 Å². The van der Waals surface area contributed by atoms with Crippen molar-refractivity contribution in [1.29, 1.82) is 0 Å². The van der Waals surface area contributed by atoms with E-state index in [0.717, 1.165) is 39.3 Å². The van der Waals surface area contributed by atoms with Gasteiger partial charge in [0.1, 0.15) is 10.7 Å².